The van der Waals surface area contributed by atoms with Crippen LogP contribution in [-0.4, -0.2) is 17.1 Å². The van der Waals surface area contributed by atoms with Crippen molar-refractivity contribution in [2.75, 3.05) is 0 Å². The summed E-state index contributed by atoms with van der Waals surface area (Å²) in [4.78, 5) is 0. The lowest BCUT2D eigenvalue weighted by Crippen LogP contribution is -2.61. The van der Waals surface area contributed by atoms with Crippen molar-refractivity contribution in [2.45, 2.75) is 64.2 Å². The Labute approximate surface area is 125 Å². The number of nitrogens with one attached hydrogen (secondary N) is 2. The summed E-state index contributed by atoms with van der Waals surface area (Å²) in [7, 11) is 0. The zero-order valence-electron chi connectivity index (χ0n) is 12.4. The number of piperidine rings is 1. The molecule has 0 atom stereocenters. The van der Waals surface area contributed by atoms with Gasteiger partial charge in [0.25, 0.3) is 0 Å². The summed E-state index contributed by atoms with van der Waals surface area (Å²) in [5.74, 6) is 0. The third kappa shape index (κ3) is 4.30. The maximum atomic E-state index is 3.72. The number of hydrogen-bond donors (Lipinski definition) is 2. The van der Waals surface area contributed by atoms with Crippen LogP contribution < -0.4 is 10.6 Å². The molecule has 19 heavy (non-hydrogen) atoms. The molecule has 0 radical (unpaired) electrons. The van der Waals surface area contributed by atoms with Gasteiger partial charge in [-0.15, -0.1) is 0 Å². The van der Waals surface area contributed by atoms with Crippen LogP contribution >= 0.6 is 15.9 Å². The molecule has 0 unspecified atom stereocenters. The summed E-state index contributed by atoms with van der Waals surface area (Å²) in [5.41, 5.74) is 1.73. The Kier molecular flexibility index (Phi) is 4.38. The van der Waals surface area contributed by atoms with Crippen LogP contribution in [0.15, 0.2) is 28.7 Å². The van der Waals surface area contributed by atoms with E-state index in [1.807, 2.05) is 0 Å². The van der Waals surface area contributed by atoms with Crippen LogP contribution in [0.3, 0.4) is 0 Å². The minimum absolute atomic E-state index is 0.202. The van der Waals surface area contributed by atoms with Crippen molar-refractivity contribution in [2.24, 2.45) is 0 Å². The van der Waals surface area contributed by atoms with E-state index in [0.717, 1.165) is 6.54 Å². The molecular weight excluding hydrogens is 300 g/mol. The number of hydrogen-bond acceptors (Lipinski definition) is 2. The van der Waals surface area contributed by atoms with Crippen molar-refractivity contribution in [3.8, 4) is 0 Å². The van der Waals surface area contributed by atoms with Gasteiger partial charge >= 0.3 is 0 Å². The fraction of sp³-hybridized carbons (Fsp3) is 0.625. The summed E-state index contributed by atoms with van der Waals surface area (Å²) in [6.45, 7) is 10.1. The van der Waals surface area contributed by atoms with Crippen LogP contribution in [0, 0.1) is 0 Å². The van der Waals surface area contributed by atoms with Crippen LogP contribution in [0.1, 0.15) is 46.1 Å². The third-order valence-electron chi connectivity index (χ3n) is 3.73. The molecule has 2 rings (SSSR count). The molecule has 1 aromatic rings. The molecule has 2 nitrogen and oxygen atoms in total. The summed E-state index contributed by atoms with van der Waals surface area (Å²) in [6, 6.07) is 9.00. The van der Waals surface area contributed by atoms with E-state index in [1.54, 1.807) is 0 Å². The standard InChI is InChI=1S/C16H25BrN2/c1-15(2)9-13(10-16(3,4)19-15)18-11-12-7-5-6-8-14(12)17/h5-8,13,18-19H,9-11H2,1-4H3. The Balaban J connectivity index is 1.98. The van der Waals surface area contributed by atoms with Gasteiger partial charge in [-0.1, -0.05) is 34.1 Å². The molecule has 1 fully saturated rings. The highest BCUT2D eigenvalue weighted by Crippen LogP contribution is 2.28. The molecule has 0 bridgehead atoms. The van der Waals surface area contributed by atoms with Crippen molar-refractivity contribution in [1.29, 1.82) is 0 Å². The fourth-order valence-electron chi connectivity index (χ4n) is 3.36. The first kappa shape index (κ1) is 15.0. The first-order valence-corrected chi connectivity index (χ1v) is 7.83. The van der Waals surface area contributed by atoms with Gasteiger partial charge in [-0.05, 0) is 52.2 Å². The zero-order chi connectivity index (χ0) is 14.1. The predicted octanol–water partition coefficient (Wildman–Crippen LogP) is 3.85. The quantitative estimate of drug-likeness (QED) is 0.882. The highest BCUT2D eigenvalue weighted by atomic mass is 79.9. The Hall–Kier alpha value is -0.380. The van der Waals surface area contributed by atoms with Crippen molar-refractivity contribution in [3.05, 3.63) is 34.3 Å². The topological polar surface area (TPSA) is 24.1 Å². The van der Waals surface area contributed by atoms with Gasteiger partial charge in [-0.25, -0.2) is 0 Å². The van der Waals surface area contributed by atoms with Crippen molar-refractivity contribution < 1.29 is 0 Å². The number of benzene rings is 1. The molecule has 1 aromatic carbocycles. The van der Waals surface area contributed by atoms with Crippen LogP contribution in [0.2, 0.25) is 0 Å². The van der Waals surface area contributed by atoms with E-state index in [-0.39, 0.29) is 11.1 Å². The second-order valence-corrected chi connectivity index (χ2v) is 7.82. The Morgan fingerprint density at radius 3 is 2.32 bits per heavy atom. The van der Waals surface area contributed by atoms with Gasteiger partial charge in [-0.3, -0.25) is 0 Å². The van der Waals surface area contributed by atoms with Gasteiger partial charge in [0.1, 0.15) is 0 Å². The second-order valence-electron chi connectivity index (χ2n) is 6.97. The van der Waals surface area contributed by atoms with Gasteiger partial charge in [0, 0.05) is 28.1 Å². The second kappa shape index (κ2) is 5.55. The van der Waals surface area contributed by atoms with E-state index in [1.165, 1.54) is 22.9 Å². The van der Waals surface area contributed by atoms with Crippen LogP contribution in [-0.2, 0) is 6.54 Å². The van der Waals surface area contributed by atoms with Gasteiger partial charge < -0.3 is 10.6 Å². The van der Waals surface area contributed by atoms with Crippen LogP contribution in [0.4, 0.5) is 0 Å². The van der Waals surface area contributed by atoms with Crippen molar-refractivity contribution in [3.63, 3.8) is 0 Å². The summed E-state index contributed by atoms with van der Waals surface area (Å²) in [6.07, 6.45) is 2.34. The van der Waals surface area contributed by atoms with E-state index in [2.05, 4.69) is 78.5 Å². The van der Waals surface area contributed by atoms with Gasteiger partial charge in [-0.2, -0.15) is 0 Å². The van der Waals surface area contributed by atoms with E-state index in [0.29, 0.717) is 6.04 Å². The minimum atomic E-state index is 0.202. The monoisotopic (exact) mass is 324 g/mol. The van der Waals surface area contributed by atoms with Gasteiger partial charge in [0.05, 0.1) is 0 Å². The summed E-state index contributed by atoms with van der Waals surface area (Å²) < 4.78 is 1.19. The molecule has 0 aliphatic carbocycles. The van der Waals surface area contributed by atoms with Gasteiger partial charge in [0.15, 0.2) is 0 Å². The minimum Gasteiger partial charge on any atom is -0.310 e. The summed E-state index contributed by atoms with van der Waals surface area (Å²) in [5, 5.41) is 7.44. The molecule has 2 N–H and O–H groups in total. The average molecular weight is 325 g/mol. The maximum absolute atomic E-state index is 3.72. The molecule has 3 heteroatoms. The van der Waals surface area contributed by atoms with E-state index in [9.17, 15) is 0 Å². The largest absolute Gasteiger partial charge is 0.310 e. The van der Waals surface area contributed by atoms with Crippen LogP contribution in [0.25, 0.3) is 0 Å². The molecular formula is C16H25BrN2. The van der Waals surface area contributed by atoms with Crippen molar-refractivity contribution in [1.82, 2.24) is 10.6 Å². The maximum Gasteiger partial charge on any atom is 0.0220 e. The lowest BCUT2D eigenvalue weighted by atomic mass is 9.79. The van der Waals surface area contributed by atoms with E-state index in [4.69, 9.17) is 0 Å². The number of rotatable bonds is 3. The predicted molar refractivity (Wildman–Crippen MR) is 85.3 cm³/mol. The van der Waals surface area contributed by atoms with E-state index >= 15 is 0 Å². The first-order valence-electron chi connectivity index (χ1n) is 7.04. The molecule has 106 valence electrons. The molecule has 0 aromatic heterocycles. The lowest BCUT2D eigenvalue weighted by molar-refractivity contribution is 0.145. The molecule has 1 aliphatic rings. The van der Waals surface area contributed by atoms with Crippen LogP contribution in [0.5, 0.6) is 0 Å². The smallest absolute Gasteiger partial charge is 0.0220 e. The Morgan fingerprint density at radius 2 is 1.74 bits per heavy atom. The highest BCUT2D eigenvalue weighted by molar-refractivity contribution is 9.10. The summed E-state index contributed by atoms with van der Waals surface area (Å²) >= 11 is 3.61. The Bertz CT molecular complexity index is 424. The molecule has 0 spiro atoms. The highest BCUT2D eigenvalue weighted by Gasteiger charge is 2.37. The SMILES string of the molecule is CC1(C)CC(NCc2ccccc2Br)CC(C)(C)N1. The Morgan fingerprint density at radius 1 is 1.16 bits per heavy atom. The third-order valence-corrected chi connectivity index (χ3v) is 4.50. The first-order chi connectivity index (χ1) is 8.77. The van der Waals surface area contributed by atoms with Crippen molar-refractivity contribution >= 4 is 15.9 Å². The molecule has 1 saturated heterocycles. The number of halogens is 1. The fourth-order valence-corrected chi connectivity index (χ4v) is 3.79. The molecule has 1 aliphatic heterocycles. The van der Waals surface area contributed by atoms with Gasteiger partial charge in [0.2, 0.25) is 0 Å². The average Bonchev–Trinajstić information content (AvgIpc) is 2.23. The zero-order valence-corrected chi connectivity index (χ0v) is 14.0. The molecule has 0 amide bonds. The molecule has 1 heterocycles. The molecule has 0 saturated carbocycles. The normalized spacial score (nSPS) is 22.4. The van der Waals surface area contributed by atoms with E-state index < -0.39 is 0 Å². The lowest BCUT2D eigenvalue weighted by Gasteiger charge is -2.46.